The number of hydrogen-bond acceptors (Lipinski definition) is 4. The molecule has 0 aliphatic carbocycles. The van der Waals surface area contributed by atoms with Gasteiger partial charge in [-0.15, -0.1) is 0 Å². The van der Waals surface area contributed by atoms with E-state index in [1.54, 1.807) is 6.07 Å². The molecule has 1 aromatic heterocycles. The molecule has 3 rings (SSSR count). The molecule has 0 saturated carbocycles. The maximum Gasteiger partial charge on any atom is 0.345 e. The van der Waals surface area contributed by atoms with Crippen LogP contribution in [0.15, 0.2) is 46.2 Å². The van der Waals surface area contributed by atoms with E-state index in [0.717, 1.165) is 12.5 Å². The summed E-state index contributed by atoms with van der Waals surface area (Å²) >= 11 is 0. The van der Waals surface area contributed by atoms with Gasteiger partial charge in [-0.2, -0.15) is 4.31 Å². The van der Waals surface area contributed by atoms with Gasteiger partial charge in [-0.05, 0) is 37.1 Å². The number of aromatic amines is 1. The number of nitrogens with zero attached hydrogens (tertiary/aromatic N) is 2. The van der Waals surface area contributed by atoms with Crippen LogP contribution in [-0.2, 0) is 10.0 Å². The normalized spacial score (nSPS) is 19.6. The third kappa shape index (κ3) is 3.32. The van der Waals surface area contributed by atoms with E-state index in [9.17, 15) is 17.6 Å². The van der Waals surface area contributed by atoms with E-state index in [0.29, 0.717) is 18.7 Å². The SMILES string of the molecule is O=c1nccc(C2CCCN(S(=O)(=O)c3cccc(F)c3)C2)[nH]1. The van der Waals surface area contributed by atoms with Crippen molar-refractivity contribution in [3.8, 4) is 0 Å². The lowest BCUT2D eigenvalue weighted by Gasteiger charge is -2.31. The fourth-order valence-corrected chi connectivity index (χ4v) is 4.37. The van der Waals surface area contributed by atoms with Gasteiger partial charge in [0.1, 0.15) is 5.82 Å². The Morgan fingerprint density at radius 2 is 2.13 bits per heavy atom. The minimum absolute atomic E-state index is 0.0543. The van der Waals surface area contributed by atoms with Crippen molar-refractivity contribution in [2.45, 2.75) is 23.7 Å². The van der Waals surface area contributed by atoms with Crippen LogP contribution in [0.25, 0.3) is 0 Å². The van der Waals surface area contributed by atoms with Crippen LogP contribution in [0.2, 0.25) is 0 Å². The highest BCUT2D eigenvalue weighted by Gasteiger charge is 2.31. The molecule has 1 aliphatic rings. The van der Waals surface area contributed by atoms with Crippen LogP contribution in [-0.4, -0.2) is 35.8 Å². The van der Waals surface area contributed by atoms with E-state index in [1.807, 2.05) is 0 Å². The number of rotatable bonds is 3. The van der Waals surface area contributed by atoms with Gasteiger partial charge in [0.05, 0.1) is 4.90 Å². The number of halogens is 1. The lowest BCUT2D eigenvalue weighted by atomic mass is 9.96. The Balaban J connectivity index is 1.87. The van der Waals surface area contributed by atoms with Crippen molar-refractivity contribution in [3.05, 3.63) is 58.5 Å². The highest BCUT2D eigenvalue weighted by atomic mass is 32.2. The second-order valence-corrected chi connectivity index (χ2v) is 7.43. The van der Waals surface area contributed by atoms with Crippen LogP contribution >= 0.6 is 0 Å². The zero-order chi connectivity index (χ0) is 16.4. The second-order valence-electron chi connectivity index (χ2n) is 5.49. The first-order chi connectivity index (χ1) is 11.0. The molecule has 0 spiro atoms. The lowest BCUT2D eigenvalue weighted by molar-refractivity contribution is 0.312. The van der Waals surface area contributed by atoms with E-state index < -0.39 is 21.5 Å². The first-order valence-electron chi connectivity index (χ1n) is 7.28. The zero-order valence-electron chi connectivity index (χ0n) is 12.3. The Hall–Kier alpha value is -2.06. The summed E-state index contributed by atoms with van der Waals surface area (Å²) in [6, 6.07) is 6.68. The van der Waals surface area contributed by atoms with Crippen LogP contribution in [0.1, 0.15) is 24.5 Å². The van der Waals surface area contributed by atoms with Gasteiger partial charge in [0.25, 0.3) is 0 Å². The van der Waals surface area contributed by atoms with Crippen molar-refractivity contribution in [1.29, 1.82) is 0 Å². The fourth-order valence-electron chi connectivity index (χ4n) is 2.81. The predicted molar refractivity (Wildman–Crippen MR) is 82.0 cm³/mol. The van der Waals surface area contributed by atoms with Crippen molar-refractivity contribution in [2.75, 3.05) is 13.1 Å². The topological polar surface area (TPSA) is 83.1 Å². The molecule has 0 radical (unpaired) electrons. The van der Waals surface area contributed by atoms with E-state index in [2.05, 4.69) is 9.97 Å². The fraction of sp³-hybridized carbons (Fsp3) is 0.333. The largest absolute Gasteiger partial charge is 0.345 e. The summed E-state index contributed by atoms with van der Waals surface area (Å²) in [4.78, 5) is 17.5. The number of sulfonamides is 1. The molecule has 0 amide bonds. The molecule has 1 aromatic carbocycles. The maximum absolute atomic E-state index is 13.3. The number of benzene rings is 1. The molecule has 1 aliphatic heterocycles. The highest BCUT2D eigenvalue weighted by molar-refractivity contribution is 7.89. The number of H-pyrrole nitrogens is 1. The molecule has 1 saturated heterocycles. The average molecular weight is 337 g/mol. The lowest BCUT2D eigenvalue weighted by Crippen LogP contribution is -2.39. The third-order valence-corrected chi connectivity index (χ3v) is 5.82. The van der Waals surface area contributed by atoms with Crippen LogP contribution in [0.5, 0.6) is 0 Å². The Labute approximate surface area is 133 Å². The molecule has 0 bridgehead atoms. The van der Waals surface area contributed by atoms with Gasteiger partial charge >= 0.3 is 5.69 Å². The maximum atomic E-state index is 13.3. The quantitative estimate of drug-likeness (QED) is 0.919. The summed E-state index contributed by atoms with van der Waals surface area (Å²) in [7, 11) is -3.75. The Morgan fingerprint density at radius 1 is 1.30 bits per heavy atom. The van der Waals surface area contributed by atoms with Crippen LogP contribution < -0.4 is 5.69 Å². The van der Waals surface area contributed by atoms with Crippen LogP contribution in [0, 0.1) is 5.82 Å². The molecule has 8 heteroatoms. The summed E-state index contributed by atoms with van der Waals surface area (Å²) < 4.78 is 40.0. The molecule has 2 aromatic rings. The molecule has 2 heterocycles. The van der Waals surface area contributed by atoms with Gasteiger partial charge in [0.2, 0.25) is 10.0 Å². The van der Waals surface area contributed by atoms with E-state index in [1.165, 1.54) is 28.7 Å². The summed E-state index contributed by atoms with van der Waals surface area (Å²) in [5.74, 6) is -0.694. The number of hydrogen-bond donors (Lipinski definition) is 1. The highest BCUT2D eigenvalue weighted by Crippen LogP contribution is 2.28. The standard InChI is InChI=1S/C15H16FN3O3S/c16-12-4-1-5-13(9-12)23(21,22)19-8-2-3-11(10-19)14-6-7-17-15(20)18-14/h1,4-7,9,11H,2-3,8,10H2,(H,17,18,20). The number of piperidine rings is 1. The van der Waals surface area contributed by atoms with E-state index in [4.69, 9.17) is 0 Å². The minimum Gasteiger partial charge on any atom is -0.309 e. The molecule has 122 valence electrons. The van der Waals surface area contributed by atoms with Gasteiger partial charge in [-0.3, -0.25) is 0 Å². The van der Waals surface area contributed by atoms with Gasteiger partial charge < -0.3 is 4.98 Å². The zero-order valence-corrected chi connectivity index (χ0v) is 13.1. The molecule has 1 N–H and O–H groups in total. The van der Waals surface area contributed by atoms with E-state index in [-0.39, 0.29) is 17.4 Å². The first kappa shape index (κ1) is 15.8. The van der Waals surface area contributed by atoms with Crippen molar-refractivity contribution in [2.24, 2.45) is 0 Å². The Bertz CT molecular complexity index is 866. The van der Waals surface area contributed by atoms with E-state index >= 15 is 0 Å². The third-order valence-electron chi connectivity index (χ3n) is 3.95. The monoisotopic (exact) mass is 337 g/mol. The Kier molecular flexibility index (Phi) is 4.27. The Morgan fingerprint density at radius 3 is 2.87 bits per heavy atom. The molecule has 23 heavy (non-hydrogen) atoms. The average Bonchev–Trinajstić information content (AvgIpc) is 2.55. The van der Waals surface area contributed by atoms with Crippen molar-refractivity contribution < 1.29 is 12.8 Å². The van der Waals surface area contributed by atoms with Crippen LogP contribution in [0.4, 0.5) is 4.39 Å². The number of nitrogens with one attached hydrogen (secondary N) is 1. The summed E-state index contributed by atoms with van der Waals surface area (Å²) in [5.41, 5.74) is 0.219. The van der Waals surface area contributed by atoms with Gasteiger partial charge in [0, 0.05) is 30.9 Å². The summed E-state index contributed by atoms with van der Waals surface area (Å²) in [6.45, 7) is 0.628. The number of aromatic nitrogens is 2. The molecular weight excluding hydrogens is 321 g/mol. The smallest absolute Gasteiger partial charge is 0.309 e. The minimum atomic E-state index is -3.75. The molecular formula is C15H16FN3O3S. The van der Waals surface area contributed by atoms with Crippen molar-refractivity contribution in [1.82, 2.24) is 14.3 Å². The summed E-state index contributed by atoms with van der Waals surface area (Å²) in [5, 5.41) is 0. The van der Waals surface area contributed by atoms with Gasteiger partial charge in [-0.25, -0.2) is 22.6 Å². The summed E-state index contributed by atoms with van der Waals surface area (Å²) in [6.07, 6.45) is 2.85. The molecule has 1 fully saturated rings. The first-order valence-corrected chi connectivity index (χ1v) is 8.72. The van der Waals surface area contributed by atoms with Crippen molar-refractivity contribution >= 4 is 10.0 Å². The molecule has 1 atom stereocenters. The van der Waals surface area contributed by atoms with Crippen molar-refractivity contribution in [3.63, 3.8) is 0 Å². The molecule has 1 unspecified atom stereocenters. The second kappa shape index (κ2) is 6.21. The van der Waals surface area contributed by atoms with Gasteiger partial charge in [0.15, 0.2) is 0 Å². The predicted octanol–water partition coefficient (Wildman–Crippen LogP) is 1.48. The molecule has 6 nitrogen and oxygen atoms in total. The van der Waals surface area contributed by atoms with Crippen LogP contribution in [0.3, 0.4) is 0 Å². The van der Waals surface area contributed by atoms with Gasteiger partial charge in [-0.1, -0.05) is 6.07 Å².